The van der Waals surface area contributed by atoms with Gasteiger partial charge in [0.2, 0.25) is 0 Å². The summed E-state index contributed by atoms with van der Waals surface area (Å²) in [4.78, 5) is 25.5. The second-order valence-corrected chi connectivity index (χ2v) is 11.6. The van der Waals surface area contributed by atoms with E-state index in [0.717, 1.165) is 12.1 Å². The normalized spacial score (nSPS) is 14.8. The third-order valence-electron chi connectivity index (χ3n) is 5.84. The topological polar surface area (TPSA) is 117 Å². The number of likely N-dealkylation sites (N-methyl/N-ethyl adjacent to an activating group) is 1. The van der Waals surface area contributed by atoms with Crippen LogP contribution >= 0.6 is 0 Å². The number of benzene rings is 1. The zero-order valence-corrected chi connectivity index (χ0v) is 21.3. The van der Waals surface area contributed by atoms with Gasteiger partial charge in [0.15, 0.2) is 15.7 Å². The monoisotopic (exact) mass is 490 g/mol. The van der Waals surface area contributed by atoms with Gasteiger partial charge in [0.05, 0.1) is 18.9 Å². The average Bonchev–Trinajstić information content (AvgIpc) is 2.79. The van der Waals surface area contributed by atoms with Crippen molar-refractivity contribution < 1.29 is 17.9 Å². The highest BCUT2D eigenvalue weighted by molar-refractivity contribution is 7.91. The molecule has 0 radical (unpaired) electrons. The van der Waals surface area contributed by atoms with E-state index < -0.39 is 14.6 Å². The van der Waals surface area contributed by atoms with Crippen molar-refractivity contribution >= 4 is 27.4 Å². The van der Waals surface area contributed by atoms with Crippen LogP contribution in [0.25, 0.3) is 11.4 Å². The molecule has 2 aromatic rings. The second kappa shape index (κ2) is 10.7. The van der Waals surface area contributed by atoms with Crippen molar-refractivity contribution in [1.29, 1.82) is 0 Å². The van der Waals surface area contributed by atoms with Crippen LogP contribution in [0.3, 0.4) is 0 Å². The van der Waals surface area contributed by atoms with Crippen LogP contribution in [0.1, 0.15) is 19.5 Å². The van der Waals surface area contributed by atoms with E-state index in [0.29, 0.717) is 55.9 Å². The summed E-state index contributed by atoms with van der Waals surface area (Å²) in [6, 6.07) is 8.64. The molecular weight excluding hydrogens is 456 g/mol. The number of nitrogens with zero attached hydrogens (tertiary/aromatic N) is 4. The molecule has 34 heavy (non-hydrogen) atoms. The zero-order valence-electron chi connectivity index (χ0n) is 20.5. The van der Waals surface area contributed by atoms with Gasteiger partial charge in [0.25, 0.3) is 0 Å². The first kappa shape index (κ1) is 25.9. The molecule has 1 fully saturated rings. The molecule has 1 aliphatic heterocycles. The Morgan fingerprint density at radius 2 is 1.79 bits per heavy atom. The van der Waals surface area contributed by atoms with E-state index in [9.17, 15) is 13.2 Å². The quantitative estimate of drug-likeness (QED) is 0.577. The molecule has 186 valence electrons. The number of carbonyl (C=O) groups excluding carboxylic acids is 1. The van der Waals surface area contributed by atoms with Crippen molar-refractivity contribution in [1.82, 2.24) is 20.2 Å². The molecule has 1 aromatic heterocycles. The predicted molar refractivity (Wildman–Crippen MR) is 134 cm³/mol. The van der Waals surface area contributed by atoms with Gasteiger partial charge in [-0.3, -0.25) is 0 Å². The number of hydrogen-bond acceptors (Lipinski definition) is 8. The Balaban J connectivity index is 1.87. The van der Waals surface area contributed by atoms with Gasteiger partial charge in [-0.25, -0.2) is 23.2 Å². The van der Waals surface area contributed by atoms with Crippen molar-refractivity contribution in [3.05, 3.63) is 36.0 Å². The lowest BCUT2D eigenvalue weighted by Crippen LogP contribution is -2.37. The van der Waals surface area contributed by atoms with E-state index in [1.54, 1.807) is 32.0 Å². The number of anilines is 2. The van der Waals surface area contributed by atoms with Gasteiger partial charge >= 0.3 is 6.03 Å². The second-order valence-electron chi connectivity index (χ2n) is 9.08. The standard InChI is InChI=1S/C23H34N6O4S/c1-23(2,34(5,31)32)19-16-20(29-12-14-33-15-13-29)27-21(26-19)17-6-8-18(9-7-17)25-22(30)24-10-11-28(3)4/h6-9,16H,10-15H2,1-5H3,(H2,24,25,30). The van der Waals surface area contributed by atoms with Crippen molar-refractivity contribution in [3.8, 4) is 11.4 Å². The van der Waals surface area contributed by atoms with Crippen LogP contribution in [-0.2, 0) is 19.3 Å². The first-order valence-corrected chi connectivity index (χ1v) is 13.1. The summed E-state index contributed by atoms with van der Waals surface area (Å²) in [5.41, 5.74) is 1.79. The molecule has 0 unspecified atom stereocenters. The van der Waals surface area contributed by atoms with Gasteiger partial charge in [0, 0.05) is 49.8 Å². The molecule has 1 aromatic carbocycles. The largest absolute Gasteiger partial charge is 0.378 e. The highest BCUT2D eigenvalue weighted by Crippen LogP contribution is 2.32. The fourth-order valence-corrected chi connectivity index (χ4v) is 3.77. The third-order valence-corrected chi connectivity index (χ3v) is 7.90. The minimum atomic E-state index is -3.43. The first-order chi connectivity index (χ1) is 16.0. The Bertz CT molecular complexity index is 1100. The molecule has 2 heterocycles. The first-order valence-electron chi connectivity index (χ1n) is 11.2. The maximum Gasteiger partial charge on any atom is 0.319 e. The number of morpholine rings is 1. The highest BCUT2D eigenvalue weighted by Gasteiger charge is 2.35. The van der Waals surface area contributed by atoms with Gasteiger partial charge in [0.1, 0.15) is 10.6 Å². The van der Waals surface area contributed by atoms with E-state index in [4.69, 9.17) is 9.72 Å². The summed E-state index contributed by atoms with van der Waals surface area (Å²) in [6.07, 6.45) is 1.22. The van der Waals surface area contributed by atoms with Gasteiger partial charge < -0.3 is 25.2 Å². The van der Waals surface area contributed by atoms with Crippen LogP contribution in [0.2, 0.25) is 0 Å². The molecule has 2 N–H and O–H groups in total. The molecule has 10 nitrogen and oxygen atoms in total. The van der Waals surface area contributed by atoms with Gasteiger partial charge in [-0.2, -0.15) is 0 Å². The van der Waals surface area contributed by atoms with Gasteiger partial charge in [-0.15, -0.1) is 0 Å². The number of hydrogen-bond donors (Lipinski definition) is 2. The summed E-state index contributed by atoms with van der Waals surface area (Å²) in [6.45, 7) is 7.09. The molecule has 3 rings (SSSR count). The minimum Gasteiger partial charge on any atom is -0.378 e. The summed E-state index contributed by atoms with van der Waals surface area (Å²) in [7, 11) is 0.457. The average molecular weight is 491 g/mol. The molecule has 0 bridgehead atoms. The van der Waals surface area contributed by atoms with Crippen molar-refractivity contribution in [2.24, 2.45) is 0 Å². The highest BCUT2D eigenvalue weighted by atomic mass is 32.2. The number of carbonyl (C=O) groups is 1. The van der Waals surface area contributed by atoms with Gasteiger partial charge in [-0.1, -0.05) is 0 Å². The predicted octanol–water partition coefficient (Wildman–Crippen LogP) is 1.94. The maximum absolute atomic E-state index is 12.5. The Labute approximate surface area is 201 Å². The van der Waals surface area contributed by atoms with Crippen LogP contribution in [0.4, 0.5) is 16.3 Å². The number of amides is 2. The Morgan fingerprint density at radius 1 is 1.15 bits per heavy atom. The number of ether oxygens (including phenoxy) is 1. The SMILES string of the molecule is CN(C)CCNC(=O)Nc1ccc(-c2nc(N3CCOCC3)cc(C(C)(C)S(C)(=O)=O)n2)cc1. The fraction of sp³-hybridized carbons (Fsp3) is 0.522. The number of rotatable bonds is 8. The smallest absolute Gasteiger partial charge is 0.319 e. The zero-order chi connectivity index (χ0) is 24.9. The van der Waals surface area contributed by atoms with E-state index in [2.05, 4.69) is 20.5 Å². The van der Waals surface area contributed by atoms with Crippen LogP contribution < -0.4 is 15.5 Å². The Morgan fingerprint density at radius 3 is 2.38 bits per heavy atom. The minimum absolute atomic E-state index is 0.280. The van der Waals surface area contributed by atoms with E-state index >= 15 is 0 Å². The van der Waals surface area contributed by atoms with Crippen LogP contribution in [0.5, 0.6) is 0 Å². The van der Waals surface area contributed by atoms with Crippen LogP contribution in [0, 0.1) is 0 Å². The molecule has 11 heteroatoms. The lowest BCUT2D eigenvalue weighted by atomic mass is 10.1. The maximum atomic E-state index is 12.5. The van der Waals surface area contributed by atoms with Crippen LogP contribution in [0.15, 0.2) is 30.3 Å². The molecule has 1 aliphatic rings. The molecule has 0 atom stereocenters. The Kier molecular flexibility index (Phi) is 8.11. The lowest BCUT2D eigenvalue weighted by molar-refractivity contribution is 0.122. The number of sulfone groups is 1. The molecule has 0 aliphatic carbocycles. The molecule has 0 saturated carbocycles. The third kappa shape index (κ3) is 6.43. The van der Waals surface area contributed by atoms with Crippen molar-refractivity contribution in [2.45, 2.75) is 18.6 Å². The molecule has 0 spiro atoms. The number of aromatic nitrogens is 2. The number of nitrogens with one attached hydrogen (secondary N) is 2. The van der Waals surface area contributed by atoms with Gasteiger partial charge in [-0.05, 0) is 52.2 Å². The summed E-state index contributed by atoms with van der Waals surface area (Å²) in [5, 5.41) is 5.60. The summed E-state index contributed by atoms with van der Waals surface area (Å²) < 4.78 is 29.3. The van der Waals surface area contributed by atoms with E-state index in [-0.39, 0.29) is 6.03 Å². The van der Waals surface area contributed by atoms with Crippen molar-refractivity contribution in [3.63, 3.8) is 0 Å². The van der Waals surface area contributed by atoms with E-state index in [1.165, 1.54) is 6.26 Å². The molecule has 1 saturated heterocycles. The Hall–Kier alpha value is -2.76. The van der Waals surface area contributed by atoms with Crippen molar-refractivity contribution in [2.75, 3.05) is 70.0 Å². The number of urea groups is 1. The summed E-state index contributed by atoms with van der Waals surface area (Å²) in [5.74, 6) is 1.10. The van der Waals surface area contributed by atoms with Crippen LogP contribution in [-0.4, -0.2) is 89.1 Å². The fourth-order valence-electron chi connectivity index (χ4n) is 3.29. The summed E-state index contributed by atoms with van der Waals surface area (Å²) >= 11 is 0. The molecular formula is C23H34N6O4S. The van der Waals surface area contributed by atoms with E-state index in [1.807, 2.05) is 31.1 Å². The lowest BCUT2D eigenvalue weighted by Gasteiger charge is -2.30. The molecule has 2 amide bonds.